The number of carbonyl (C=O) groups excluding carboxylic acids is 1. The van der Waals surface area contributed by atoms with Gasteiger partial charge in [0.25, 0.3) is 0 Å². The number of nitrogens with zero attached hydrogens (tertiary/aromatic N) is 1. The lowest BCUT2D eigenvalue weighted by atomic mass is 10.0. The van der Waals surface area contributed by atoms with E-state index in [4.69, 9.17) is 4.74 Å². The monoisotopic (exact) mass is 259 g/mol. The van der Waals surface area contributed by atoms with E-state index < -0.39 is 0 Å². The van der Waals surface area contributed by atoms with Crippen LogP contribution in [0.5, 0.6) is 0 Å². The number of benzene rings is 1. The third kappa shape index (κ3) is 2.52. The lowest BCUT2D eigenvalue weighted by Crippen LogP contribution is -2.43. The number of aryl methyl sites for hydroxylation is 1. The molecule has 3 heteroatoms. The summed E-state index contributed by atoms with van der Waals surface area (Å²) in [6.07, 6.45) is 4.58. The Morgan fingerprint density at radius 1 is 1.16 bits per heavy atom. The topological polar surface area (TPSA) is 29.5 Å². The van der Waals surface area contributed by atoms with E-state index in [1.807, 2.05) is 31.2 Å². The fourth-order valence-electron chi connectivity index (χ4n) is 3.37. The average Bonchev–Trinajstić information content (AvgIpc) is 2.63. The molecule has 0 aliphatic carbocycles. The number of ether oxygens (including phenoxy) is 1. The van der Waals surface area contributed by atoms with Crippen LogP contribution in [-0.4, -0.2) is 36.1 Å². The smallest absolute Gasteiger partial charge is 0.338 e. The van der Waals surface area contributed by atoms with Gasteiger partial charge in [-0.25, -0.2) is 4.79 Å². The van der Waals surface area contributed by atoms with E-state index in [1.165, 1.54) is 12.8 Å². The van der Waals surface area contributed by atoms with Gasteiger partial charge in [0.05, 0.1) is 5.56 Å². The lowest BCUT2D eigenvalue weighted by molar-refractivity contribution is -0.000447. The molecule has 3 rings (SSSR count). The van der Waals surface area contributed by atoms with Crippen molar-refractivity contribution in [3.63, 3.8) is 0 Å². The van der Waals surface area contributed by atoms with Gasteiger partial charge in [-0.05, 0) is 38.9 Å². The molecule has 0 saturated carbocycles. The van der Waals surface area contributed by atoms with E-state index in [-0.39, 0.29) is 12.1 Å². The van der Waals surface area contributed by atoms with Crippen LogP contribution in [0.4, 0.5) is 0 Å². The molecule has 2 bridgehead atoms. The number of esters is 1. The SMILES string of the molecule is Cc1ccc(C(=O)OC2CC3CCC(C2)N3C)cc1. The molecule has 2 aliphatic heterocycles. The molecule has 2 heterocycles. The van der Waals surface area contributed by atoms with Crippen LogP contribution in [0.3, 0.4) is 0 Å². The summed E-state index contributed by atoms with van der Waals surface area (Å²) in [6.45, 7) is 2.02. The van der Waals surface area contributed by atoms with Crippen LogP contribution in [0.2, 0.25) is 0 Å². The van der Waals surface area contributed by atoms with E-state index in [2.05, 4.69) is 11.9 Å². The maximum absolute atomic E-state index is 12.1. The zero-order valence-electron chi connectivity index (χ0n) is 11.6. The highest BCUT2D eigenvalue weighted by molar-refractivity contribution is 5.89. The molecule has 2 aliphatic rings. The van der Waals surface area contributed by atoms with Crippen molar-refractivity contribution < 1.29 is 9.53 Å². The van der Waals surface area contributed by atoms with E-state index in [1.54, 1.807) is 0 Å². The predicted octanol–water partition coefficient (Wildman–Crippen LogP) is 2.78. The molecule has 102 valence electrons. The minimum absolute atomic E-state index is 0.0995. The molecule has 2 unspecified atom stereocenters. The summed E-state index contributed by atoms with van der Waals surface area (Å²) in [5.41, 5.74) is 1.82. The second-order valence-corrected chi connectivity index (χ2v) is 5.92. The van der Waals surface area contributed by atoms with E-state index >= 15 is 0 Å². The highest BCUT2D eigenvalue weighted by Crippen LogP contribution is 2.35. The van der Waals surface area contributed by atoms with Gasteiger partial charge in [-0.1, -0.05) is 17.7 Å². The predicted molar refractivity (Wildman–Crippen MR) is 74.2 cm³/mol. The highest BCUT2D eigenvalue weighted by atomic mass is 16.5. The molecule has 3 nitrogen and oxygen atoms in total. The maximum atomic E-state index is 12.1. The Morgan fingerprint density at radius 2 is 1.74 bits per heavy atom. The van der Waals surface area contributed by atoms with Crippen LogP contribution in [0.25, 0.3) is 0 Å². The normalized spacial score (nSPS) is 30.3. The van der Waals surface area contributed by atoms with Crippen molar-refractivity contribution in [2.24, 2.45) is 0 Å². The van der Waals surface area contributed by atoms with Crippen LogP contribution >= 0.6 is 0 Å². The third-order valence-electron chi connectivity index (χ3n) is 4.62. The van der Waals surface area contributed by atoms with Crippen LogP contribution < -0.4 is 0 Å². The zero-order valence-corrected chi connectivity index (χ0v) is 11.6. The van der Waals surface area contributed by atoms with E-state index in [0.29, 0.717) is 17.6 Å². The van der Waals surface area contributed by atoms with E-state index in [0.717, 1.165) is 18.4 Å². The number of carbonyl (C=O) groups is 1. The minimum Gasteiger partial charge on any atom is -0.459 e. The van der Waals surface area contributed by atoms with Crippen LogP contribution in [0.15, 0.2) is 24.3 Å². The second-order valence-electron chi connectivity index (χ2n) is 5.92. The highest BCUT2D eigenvalue weighted by Gasteiger charge is 2.39. The van der Waals surface area contributed by atoms with Crippen molar-refractivity contribution >= 4 is 5.97 Å². The molecule has 0 spiro atoms. The number of hydrogen-bond donors (Lipinski definition) is 0. The molecule has 0 radical (unpaired) electrons. The fourth-order valence-corrected chi connectivity index (χ4v) is 3.37. The van der Waals surface area contributed by atoms with Crippen molar-refractivity contribution in [2.75, 3.05) is 7.05 Å². The van der Waals surface area contributed by atoms with E-state index in [9.17, 15) is 4.79 Å². The zero-order chi connectivity index (χ0) is 13.4. The molecule has 0 amide bonds. The largest absolute Gasteiger partial charge is 0.459 e. The molecule has 1 aromatic rings. The van der Waals surface area contributed by atoms with Gasteiger partial charge in [0, 0.05) is 24.9 Å². The fraction of sp³-hybridized carbons (Fsp3) is 0.562. The van der Waals surface area contributed by atoms with Crippen LogP contribution in [0.1, 0.15) is 41.6 Å². The maximum Gasteiger partial charge on any atom is 0.338 e. The Kier molecular flexibility index (Phi) is 3.31. The molecule has 2 saturated heterocycles. The van der Waals surface area contributed by atoms with Gasteiger partial charge in [-0.15, -0.1) is 0 Å². The van der Waals surface area contributed by atoms with Gasteiger partial charge < -0.3 is 9.64 Å². The first-order valence-electron chi connectivity index (χ1n) is 7.13. The standard InChI is InChI=1S/C16H21NO2/c1-11-3-5-12(6-4-11)16(18)19-15-9-13-7-8-14(10-15)17(13)2/h3-6,13-15H,7-10H2,1-2H3. The van der Waals surface area contributed by atoms with Crippen molar-refractivity contribution in [3.05, 3.63) is 35.4 Å². The van der Waals surface area contributed by atoms with Crippen molar-refractivity contribution in [2.45, 2.75) is 50.8 Å². The third-order valence-corrected chi connectivity index (χ3v) is 4.62. The Hall–Kier alpha value is -1.35. The molecule has 2 fully saturated rings. The molecule has 19 heavy (non-hydrogen) atoms. The summed E-state index contributed by atoms with van der Waals surface area (Å²) >= 11 is 0. The number of hydrogen-bond acceptors (Lipinski definition) is 3. The summed E-state index contributed by atoms with van der Waals surface area (Å²) in [5.74, 6) is -0.172. The van der Waals surface area contributed by atoms with Gasteiger partial charge >= 0.3 is 5.97 Å². The Balaban J connectivity index is 1.63. The molecule has 2 atom stereocenters. The summed E-state index contributed by atoms with van der Waals surface area (Å²) in [6, 6.07) is 8.82. The molecule has 0 N–H and O–H groups in total. The molecule has 0 aromatic heterocycles. The van der Waals surface area contributed by atoms with Crippen molar-refractivity contribution in [1.82, 2.24) is 4.90 Å². The van der Waals surface area contributed by atoms with Gasteiger partial charge in [-0.2, -0.15) is 0 Å². The first-order valence-corrected chi connectivity index (χ1v) is 7.13. The van der Waals surface area contributed by atoms with Crippen LogP contribution in [0, 0.1) is 6.92 Å². The summed E-state index contributed by atoms with van der Waals surface area (Å²) in [7, 11) is 2.19. The second kappa shape index (κ2) is 4.97. The molecule has 1 aromatic carbocycles. The lowest BCUT2D eigenvalue weighted by Gasteiger charge is -2.35. The first-order chi connectivity index (χ1) is 9.13. The molecular formula is C16H21NO2. The number of rotatable bonds is 2. The van der Waals surface area contributed by atoms with Gasteiger partial charge in [0.15, 0.2) is 0 Å². The summed E-state index contributed by atoms with van der Waals surface area (Å²) < 4.78 is 5.68. The van der Waals surface area contributed by atoms with Crippen LogP contribution in [-0.2, 0) is 4.74 Å². The quantitative estimate of drug-likeness (QED) is 0.765. The molecular weight excluding hydrogens is 238 g/mol. The average molecular weight is 259 g/mol. The first kappa shape index (κ1) is 12.7. The Bertz CT molecular complexity index is 454. The Labute approximate surface area is 114 Å². The van der Waals surface area contributed by atoms with Gasteiger partial charge in [0.2, 0.25) is 0 Å². The number of fused-ring (bicyclic) bond motifs is 2. The van der Waals surface area contributed by atoms with Crippen molar-refractivity contribution in [1.29, 1.82) is 0 Å². The Morgan fingerprint density at radius 3 is 2.32 bits per heavy atom. The van der Waals surface area contributed by atoms with Crippen molar-refractivity contribution in [3.8, 4) is 0 Å². The van der Waals surface area contributed by atoms with Gasteiger partial charge in [0.1, 0.15) is 6.10 Å². The number of piperidine rings is 1. The summed E-state index contributed by atoms with van der Waals surface area (Å²) in [4.78, 5) is 14.6. The summed E-state index contributed by atoms with van der Waals surface area (Å²) in [5, 5.41) is 0. The van der Waals surface area contributed by atoms with Gasteiger partial charge in [-0.3, -0.25) is 0 Å². The minimum atomic E-state index is -0.172.